The van der Waals surface area contributed by atoms with E-state index in [9.17, 15) is 0 Å². The molecule has 0 amide bonds. The summed E-state index contributed by atoms with van der Waals surface area (Å²) >= 11 is 2.00. The predicted molar refractivity (Wildman–Crippen MR) is 85.6 cm³/mol. The first kappa shape index (κ1) is 14.2. The van der Waals surface area contributed by atoms with E-state index in [0.29, 0.717) is 5.92 Å². The van der Waals surface area contributed by atoms with E-state index in [1.807, 2.05) is 11.8 Å². The van der Waals surface area contributed by atoms with Gasteiger partial charge in [0, 0.05) is 23.3 Å². The molecule has 4 heteroatoms. The minimum absolute atomic E-state index is 0.624. The molecule has 0 unspecified atom stereocenters. The SMILES string of the molecule is CCNc1nc(C2CC2)nc(SC2CCCCC2)c1C. The summed E-state index contributed by atoms with van der Waals surface area (Å²) in [6, 6.07) is 0. The Balaban J connectivity index is 1.82. The molecule has 2 fully saturated rings. The Morgan fingerprint density at radius 2 is 1.85 bits per heavy atom. The van der Waals surface area contributed by atoms with Crippen LogP contribution in [-0.4, -0.2) is 21.8 Å². The monoisotopic (exact) mass is 291 g/mol. The van der Waals surface area contributed by atoms with Gasteiger partial charge in [-0.1, -0.05) is 19.3 Å². The fourth-order valence-electron chi connectivity index (χ4n) is 2.83. The van der Waals surface area contributed by atoms with Crippen LogP contribution in [0.25, 0.3) is 0 Å². The Morgan fingerprint density at radius 1 is 1.10 bits per heavy atom. The van der Waals surface area contributed by atoms with Crippen molar-refractivity contribution in [2.75, 3.05) is 11.9 Å². The minimum Gasteiger partial charge on any atom is -0.370 e. The molecule has 3 rings (SSSR count). The zero-order chi connectivity index (χ0) is 13.9. The van der Waals surface area contributed by atoms with Crippen LogP contribution in [0.2, 0.25) is 0 Å². The number of hydrogen-bond donors (Lipinski definition) is 1. The molecule has 3 nitrogen and oxygen atoms in total. The molecule has 0 aromatic carbocycles. The van der Waals surface area contributed by atoms with Gasteiger partial charge in [-0.15, -0.1) is 11.8 Å². The summed E-state index contributed by atoms with van der Waals surface area (Å²) in [4.78, 5) is 9.63. The summed E-state index contributed by atoms with van der Waals surface area (Å²) in [6.45, 7) is 5.22. The second-order valence-corrected chi connectivity index (χ2v) is 7.33. The van der Waals surface area contributed by atoms with Crippen molar-refractivity contribution < 1.29 is 0 Å². The Morgan fingerprint density at radius 3 is 2.50 bits per heavy atom. The molecule has 1 aromatic rings. The van der Waals surface area contributed by atoms with Crippen LogP contribution in [0.3, 0.4) is 0 Å². The van der Waals surface area contributed by atoms with Gasteiger partial charge in [0.1, 0.15) is 16.7 Å². The van der Waals surface area contributed by atoms with E-state index < -0.39 is 0 Å². The van der Waals surface area contributed by atoms with Crippen LogP contribution in [0.4, 0.5) is 5.82 Å². The molecule has 0 spiro atoms. The summed E-state index contributed by atoms with van der Waals surface area (Å²) < 4.78 is 0. The van der Waals surface area contributed by atoms with E-state index in [4.69, 9.17) is 9.97 Å². The van der Waals surface area contributed by atoms with E-state index in [2.05, 4.69) is 19.2 Å². The van der Waals surface area contributed by atoms with Crippen molar-refractivity contribution in [3.05, 3.63) is 11.4 Å². The van der Waals surface area contributed by atoms with Crippen LogP contribution >= 0.6 is 11.8 Å². The molecule has 2 aliphatic rings. The number of thioether (sulfide) groups is 1. The average molecular weight is 291 g/mol. The molecule has 1 heterocycles. The molecular weight excluding hydrogens is 266 g/mol. The Labute approximate surface area is 126 Å². The third kappa shape index (κ3) is 3.27. The second-order valence-electron chi connectivity index (χ2n) is 6.04. The lowest BCUT2D eigenvalue weighted by Crippen LogP contribution is -2.11. The molecule has 110 valence electrons. The molecule has 0 saturated heterocycles. The highest BCUT2D eigenvalue weighted by molar-refractivity contribution is 7.99. The van der Waals surface area contributed by atoms with Gasteiger partial charge < -0.3 is 5.32 Å². The van der Waals surface area contributed by atoms with Gasteiger partial charge in [-0.2, -0.15) is 0 Å². The second kappa shape index (κ2) is 6.33. The van der Waals surface area contributed by atoms with Crippen LogP contribution in [0.15, 0.2) is 5.03 Å². The lowest BCUT2D eigenvalue weighted by Gasteiger charge is -2.22. The number of nitrogens with zero attached hydrogens (tertiary/aromatic N) is 2. The first-order valence-corrected chi connectivity index (χ1v) is 8.95. The summed E-state index contributed by atoms with van der Waals surface area (Å²) in [5, 5.41) is 5.40. The fraction of sp³-hybridized carbons (Fsp3) is 0.750. The number of nitrogens with one attached hydrogen (secondary N) is 1. The summed E-state index contributed by atoms with van der Waals surface area (Å²) in [5.74, 6) is 2.76. The van der Waals surface area contributed by atoms with Crippen LogP contribution < -0.4 is 5.32 Å². The highest BCUT2D eigenvalue weighted by Crippen LogP contribution is 2.41. The third-order valence-electron chi connectivity index (χ3n) is 4.24. The summed E-state index contributed by atoms with van der Waals surface area (Å²) in [7, 11) is 0. The number of hydrogen-bond acceptors (Lipinski definition) is 4. The van der Waals surface area contributed by atoms with Gasteiger partial charge in [0.25, 0.3) is 0 Å². The number of anilines is 1. The van der Waals surface area contributed by atoms with Gasteiger partial charge in [-0.25, -0.2) is 9.97 Å². The zero-order valence-corrected chi connectivity index (χ0v) is 13.4. The van der Waals surface area contributed by atoms with Crippen molar-refractivity contribution in [1.29, 1.82) is 0 Å². The van der Waals surface area contributed by atoms with Crippen molar-refractivity contribution in [2.24, 2.45) is 0 Å². The van der Waals surface area contributed by atoms with Crippen molar-refractivity contribution in [3.63, 3.8) is 0 Å². The normalized spacial score (nSPS) is 20.1. The highest BCUT2D eigenvalue weighted by Gasteiger charge is 2.28. The number of aromatic nitrogens is 2. The molecule has 0 radical (unpaired) electrons. The standard InChI is InChI=1S/C16H25N3S/c1-3-17-14-11(2)16(19-15(18-14)12-9-10-12)20-13-7-5-4-6-8-13/h12-13H,3-10H2,1-2H3,(H,17,18,19). The van der Waals surface area contributed by atoms with Crippen LogP contribution in [-0.2, 0) is 0 Å². The van der Waals surface area contributed by atoms with Crippen LogP contribution in [0, 0.1) is 6.92 Å². The van der Waals surface area contributed by atoms with Crippen molar-refractivity contribution in [1.82, 2.24) is 9.97 Å². The summed E-state index contributed by atoms with van der Waals surface area (Å²) in [6.07, 6.45) is 9.42. The van der Waals surface area contributed by atoms with Crippen molar-refractivity contribution >= 4 is 17.6 Å². The minimum atomic E-state index is 0.624. The maximum Gasteiger partial charge on any atom is 0.135 e. The van der Waals surface area contributed by atoms with Gasteiger partial charge in [-0.05, 0) is 39.5 Å². The van der Waals surface area contributed by atoms with Crippen molar-refractivity contribution in [2.45, 2.75) is 75.0 Å². The van der Waals surface area contributed by atoms with Gasteiger partial charge in [0.15, 0.2) is 0 Å². The smallest absolute Gasteiger partial charge is 0.135 e. The number of rotatable bonds is 5. The molecule has 0 aliphatic heterocycles. The Bertz CT molecular complexity index is 465. The first-order valence-electron chi connectivity index (χ1n) is 8.07. The quantitative estimate of drug-likeness (QED) is 0.809. The third-order valence-corrected chi connectivity index (χ3v) is 5.66. The van der Waals surface area contributed by atoms with E-state index in [1.165, 1.54) is 55.5 Å². The van der Waals surface area contributed by atoms with Gasteiger partial charge in [0.2, 0.25) is 0 Å². The molecular formula is C16H25N3S. The zero-order valence-electron chi connectivity index (χ0n) is 12.6. The van der Waals surface area contributed by atoms with Gasteiger partial charge in [-0.3, -0.25) is 0 Å². The van der Waals surface area contributed by atoms with E-state index in [0.717, 1.165) is 23.4 Å². The highest BCUT2D eigenvalue weighted by atomic mass is 32.2. The van der Waals surface area contributed by atoms with Crippen LogP contribution in [0.5, 0.6) is 0 Å². The summed E-state index contributed by atoms with van der Waals surface area (Å²) in [5.41, 5.74) is 1.24. The largest absolute Gasteiger partial charge is 0.370 e. The Hall–Kier alpha value is -0.770. The predicted octanol–water partition coefficient (Wildman–Crippen LogP) is 4.52. The lowest BCUT2D eigenvalue weighted by atomic mass is 10.0. The van der Waals surface area contributed by atoms with E-state index in [1.54, 1.807) is 0 Å². The molecule has 0 bridgehead atoms. The topological polar surface area (TPSA) is 37.8 Å². The maximum absolute atomic E-state index is 4.88. The molecule has 1 N–H and O–H groups in total. The van der Waals surface area contributed by atoms with Crippen molar-refractivity contribution in [3.8, 4) is 0 Å². The molecule has 2 saturated carbocycles. The van der Waals surface area contributed by atoms with E-state index >= 15 is 0 Å². The van der Waals surface area contributed by atoms with Crippen LogP contribution in [0.1, 0.15) is 69.2 Å². The van der Waals surface area contributed by atoms with E-state index in [-0.39, 0.29) is 0 Å². The molecule has 20 heavy (non-hydrogen) atoms. The van der Waals surface area contributed by atoms with Gasteiger partial charge in [0.05, 0.1) is 0 Å². The van der Waals surface area contributed by atoms with Gasteiger partial charge >= 0.3 is 0 Å². The molecule has 2 aliphatic carbocycles. The lowest BCUT2D eigenvalue weighted by molar-refractivity contribution is 0.515. The maximum atomic E-state index is 4.88. The fourth-order valence-corrected chi connectivity index (χ4v) is 4.14. The average Bonchev–Trinajstić information content (AvgIpc) is 3.29. The molecule has 1 aromatic heterocycles. The Kier molecular flexibility index (Phi) is 4.49. The first-order chi connectivity index (χ1) is 9.78. The molecule has 0 atom stereocenters.